The molecule has 1 unspecified atom stereocenters. The number of nitrogens with zero attached hydrogens (tertiary/aromatic N) is 1. The van der Waals surface area contributed by atoms with Crippen LogP contribution in [0.4, 0.5) is 5.69 Å². The molecule has 7 heteroatoms. The van der Waals surface area contributed by atoms with E-state index >= 15 is 0 Å². The van der Waals surface area contributed by atoms with E-state index in [1.807, 2.05) is 19.1 Å². The Bertz CT molecular complexity index is 883. The molecule has 1 atom stereocenters. The van der Waals surface area contributed by atoms with E-state index < -0.39 is 11.2 Å². The molecule has 0 bridgehead atoms. The second-order valence-electron chi connectivity index (χ2n) is 5.63. The lowest BCUT2D eigenvalue weighted by molar-refractivity contribution is -0.121. The van der Waals surface area contributed by atoms with Gasteiger partial charge in [0.05, 0.1) is 16.5 Å². The SMILES string of the molecule is Cc1ccc(N2C(=O)CC(Sc3ccccc3C(=O)O)C2=O)c(Br)c1. The third-order valence-electron chi connectivity index (χ3n) is 3.84. The highest BCUT2D eigenvalue weighted by Gasteiger charge is 2.41. The Balaban J connectivity index is 1.88. The Morgan fingerprint density at radius 2 is 1.96 bits per heavy atom. The van der Waals surface area contributed by atoms with Crippen LogP contribution >= 0.6 is 27.7 Å². The van der Waals surface area contributed by atoms with Gasteiger partial charge in [-0.1, -0.05) is 18.2 Å². The van der Waals surface area contributed by atoms with Crippen molar-refractivity contribution in [3.8, 4) is 0 Å². The molecule has 2 amide bonds. The van der Waals surface area contributed by atoms with Gasteiger partial charge in [-0.3, -0.25) is 9.59 Å². The van der Waals surface area contributed by atoms with Crippen molar-refractivity contribution in [3.05, 3.63) is 58.1 Å². The average Bonchev–Trinajstić information content (AvgIpc) is 2.82. The molecule has 5 nitrogen and oxygen atoms in total. The van der Waals surface area contributed by atoms with Crippen molar-refractivity contribution >= 4 is 51.2 Å². The standard InChI is InChI=1S/C18H14BrNO4S/c1-10-6-7-13(12(19)8-10)20-16(21)9-15(17(20)22)25-14-5-3-2-4-11(14)18(23)24/h2-8,15H,9H2,1H3,(H,23,24). The molecule has 128 valence electrons. The lowest BCUT2D eigenvalue weighted by atomic mass is 10.2. The first-order chi connectivity index (χ1) is 11.9. The predicted octanol–water partition coefficient (Wildman–Crippen LogP) is 3.88. The summed E-state index contributed by atoms with van der Waals surface area (Å²) in [5, 5.41) is 8.63. The largest absolute Gasteiger partial charge is 0.478 e. The minimum Gasteiger partial charge on any atom is -0.478 e. The van der Waals surface area contributed by atoms with E-state index in [1.165, 1.54) is 11.0 Å². The molecule has 0 radical (unpaired) electrons. The third kappa shape index (κ3) is 3.48. The molecular formula is C18H14BrNO4S. The molecule has 1 N–H and O–H groups in total. The van der Waals surface area contributed by atoms with Gasteiger partial charge in [0.15, 0.2) is 0 Å². The van der Waals surface area contributed by atoms with E-state index in [1.54, 1.807) is 24.3 Å². The Labute approximate surface area is 157 Å². The highest BCUT2D eigenvalue weighted by Crippen LogP contribution is 2.37. The molecule has 2 aromatic carbocycles. The van der Waals surface area contributed by atoms with Gasteiger partial charge in [-0.25, -0.2) is 9.69 Å². The van der Waals surface area contributed by atoms with Gasteiger partial charge in [-0.15, -0.1) is 11.8 Å². The van der Waals surface area contributed by atoms with E-state index in [9.17, 15) is 19.5 Å². The molecule has 1 fully saturated rings. The highest BCUT2D eigenvalue weighted by atomic mass is 79.9. The second kappa shape index (κ2) is 7.01. The highest BCUT2D eigenvalue weighted by molar-refractivity contribution is 9.10. The van der Waals surface area contributed by atoms with Gasteiger partial charge < -0.3 is 5.11 Å². The van der Waals surface area contributed by atoms with Gasteiger partial charge in [-0.05, 0) is 52.7 Å². The van der Waals surface area contributed by atoms with Gasteiger partial charge in [-0.2, -0.15) is 0 Å². The Hall–Kier alpha value is -2.12. The summed E-state index contributed by atoms with van der Waals surface area (Å²) in [7, 11) is 0. The van der Waals surface area contributed by atoms with Crippen LogP contribution in [0.1, 0.15) is 22.3 Å². The molecule has 25 heavy (non-hydrogen) atoms. The van der Waals surface area contributed by atoms with Crippen molar-refractivity contribution in [2.24, 2.45) is 0 Å². The second-order valence-corrected chi connectivity index (χ2v) is 7.73. The molecule has 2 aromatic rings. The maximum atomic E-state index is 12.8. The van der Waals surface area contributed by atoms with Crippen LogP contribution in [0, 0.1) is 6.92 Å². The van der Waals surface area contributed by atoms with Crippen LogP contribution in [-0.4, -0.2) is 28.1 Å². The fourth-order valence-corrected chi connectivity index (χ4v) is 4.49. The Morgan fingerprint density at radius 1 is 1.24 bits per heavy atom. The number of carbonyl (C=O) groups excluding carboxylic acids is 2. The number of imide groups is 1. The van der Waals surface area contributed by atoms with Crippen molar-refractivity contribution < 1.29 is 19.5 Å². The molecule has 1 aliphatic heterocycles. The minimum absolute atomic E-state index is 0.0395. The van der Waals surface area contributed by atoms with Crippen LogP contribution in [0.5, 0.6) is 0 Å². The topological polar surface area (TPSA) is 74.7 Å². The monoisotopic (exact) mass is 419 g/mol. The number of amides is 2. The number of halogens is 1. The number of hydrogen-bond acceptors (Lipinski definition) is 4. The Kier molecular flexibility index (Phi) is 4.96. The van der Waals surface area contributed by atoms with E-state index in [-0.39, 0.29) is 23.8 Å². The molecule has 3 rings (SSSR count). The average molecular weight is 420 g/mol. The molecular weight excluding hydrogens is 406 g/mol. The summed E-state index contributed by atoms with van der Waals surface area (Å²) in [6, 6.07) is 11.9. The van der Waals surface area contributed by atoms with Gasteiger partial charge in [0.25, 0.3) is 0 Å². The van der Waals surface area contributed by atoms with Crippen molar-refractivity contribution in [1.82, 2.24) is 0 Å². The van der Waals surface area contributed by atoms with E-state index in [4.69, 9.17) is 0 Å². The van der Waals surface area contributed by atoms with Gasteiger partial charge in [0.2, 0.25) is 11.8 Å². The summed E-state index contributed by atoms with van der Waals surface area (Å²) in [5.74, 6) is -1.68. The normalized spacial score (nSPS) is 17.2. The van der Waals surface area contributed by atoms with Gasteiger partial charge >= 0.3 is 5.97 Å². The number of carboxylic acids is 1. The number of rotatable bonds is 4. The predicted molar refractivity (Wildman–Crippen MR) is 99.0 cm³/mol. The van der Waals surface area contributed by atoms with Gasteiger partial charge in [0.1, 0.15) is 0 Å². The van der Waals surface area contributed by atoms with Crippen molar-refractivity contribution in [2.75, 3.05) is 4.90 Å². The zero-order valence-electron chi connectivity index (χ0n) is 13.2. The van der Waals surface area contributed by atoms with Crippen molar-refractivity contribution in [2.45, 2.75) is 23.5 Å². The minimum atomic E-state index is -1.06. The summed E-state index contributed by atoms with van der Waals surface area (Å²) in [4.78, 5) is 38.1. The zero-order chi connectivity index (χ0) is 18.1. The van der Waals surface area contributed by atoms with E-state index in [0.29, 0.717) is 15.1 Å². The Morgan fingerprint density at radius 3 is 2.64 bits per heavy atom. The van der Waals surface area contributed by atoms with E-state index in [0.717, 1.165) is 17.3 Å². The molecule has 0 aromatic heterocycles. The quantitative estimate of drug-likeness (QED) is 0.760. The lowest BCUT2D eigenvalue weighted by Crippen LogP contribution is -2.31. The smallest absolute Gasteiger partial charge is 0.336 e. The van der Waals surface area contributed by atoms with Crippen LogP contribution in [-0.2, 0) is 9.59 Å². The van der Waals surface area contributed by atoms with Gasteiger partial charge in [0, 0.05) is 15.8 Å². The fraction of sp³-hybridized carbons (Fsp3) is 0.167. The van der Waals surface area contributed by atoms with Crippen LogP contribution in [0.3, 0.4) is 0 Å². The van der Waals surface area contributed by atoms with Crippen LogP contribution in [0.2, 0.25) is 0 Å². The van der Waals surface area contributed by atoms with Crippen LogP contribution in [0.25, 0.3) is 0 Å². The maximum absolute atomic E-state index is 12.8. The zero-order valence-corrected chi connectivity index (χ0v) is 15.6. The number of carbonyl (C=O) groups is 3. The van der Waals surface area contributed by atoms with Crippen LogP contribution < -0.4 is 4.90 Å². The first-order valence-electron chi connectivity index (χ1n) is 7.50. The fourth-order valence-electron chi connectivity index (χ4n) is 2.64. The number of benzene rings is 2. The number of carboxylic acid groups (broad SMARTS) is 1. The molecule has 1 saturated heterocycles. The molecule has 0 spiro atoms. The summed E-state index contributed by atoms with van der Waals surface area (Å²) in [6.45, 7) is 1.92. The molecule has 0 aliphatic carbocycles. The number of thioether (sulfide) groups is 1. The summed E-state index contributed by atoms with van der Waals surface area (Å²) in [6.07, 6.45) is 0.0395. The number of hydrogen-bond donors (Lipinski definition) is 1. The van der Waals surface area contributed by atoms with Crippen molar-refractivity contribution in [1.29, 1.82) is 0 Å². The van der Waals surface area contributed by atoms with Crippen LogP contribution in [0.15, 0.2) is 51.8 Å². The number of aryl methyl sites for hydroxylation is 1. The van der Waals surface area contributed by atoms with Crippen molar-refractivity contribution in [3.63, 3.8) is 0 Å². The third-order valence-corrected chi connectivity index (χ3v) is 5.73. The molecule has 1 heterocycles. The first-order valence-corrected chi connectivity index (χ1v) is 9.17. The number of anilines is 1. The first kappa shape index (κ1) is 17.7. The summed E-state index contributed by atoms with van der Waals surface area (Å²) in [5.41, 5.74) is 1.65. The summed E-state index contributed by atoms with van der Waals surface area (Å²) < 4.78 is 0.672. The maximum Gasteiger partial charge on any atom is 0.336 e. The number of aromatic carboxylic acids is 1. The molecule has 0 saturated carbocycles. The molecule has 1 aliphatic rings. The van der Waals surface area contributed by atoms with E-state index in [2.05, 4.69) is 15.9 Å². The lowest BCUT2D eigenvalue weighted by Gasteiger charge is -2.17. The summed E-state index contributed by atoms with van der Waals surface area (Å²) >= 11 is 4.52.